The first-order valence-electron chi connectivity index (χ1n) is 21.3. The maximum atomic E-state index is 2.41. The van der Waals surface area contributed by atoms with Gasteiger partial charge in [0, 0.05) is 59.7 Å². The van der Waals surface area contributed by atoms with Crippen LogP contribution in [0.4, 0.5) is 34.1 Å². The largest absolute Gasteiger partial charge is 0.311 e. The van der Waals surface area contributed by atoms with Crippen LogP contribution in [0.3, 0.4) is 0 Å². The van der Waals surface area contributed by atoms with Gasteiger partial charge in [-0.25, -0.2) is 0 Å². The second-order valence-corrected chi connectivity index (χ2v) is 29.5. The number of anilines is 6. The van der Waals surface area contributed by atoms with Crippen molar-refractivity contribution in [3.63, 3.8) is 0 Å². The molecule has 0 aliphatic rings. The van der Waals surface area contributed by atoms with Crippen LogP contribution < -0.4 is 20.2 Å². The Kier molecular flexibility index (Phi) is 9.79. The lowest BCUT2D eigenvalue weighted by Crippen LogP contribution is -2.37. The lowest BCUT2D eigenvalue weighted by molar-refractivity contribution is 1.28. The highest BCUT2D eigenvalue weighted by molar-refractivity contribution is 7.27. The molecule has 0 fully saturated rings. The van der Waals surface area contributed by atoms with Crippen molar-refractivity contribution in [2.24, 2.45) is 0 Å². The van der Waals surface area contributed by atoms with Crippen LogP contribution in [-0.2, 0) is 0 Å². The number of rotatable bonds is 9. The van der Waals surface area contributed by atoms with Gasteiger partial charge in [0.15, 0.2) is 0 Å². The molecule has 1 aromatic heterocycles. The van der Waals surface area contributed by atoms with Crippen LogP contribution in [0.1, 0.15) is 0 Å². The topological polar surface area (TPSA) is 6.48 Å². The van der Waals surface area contributed by atoms with E-state index < -0.39 is 16.1 Å². The predicted molar refractivity (Wildman–Crippen MR) is 275 cm³/mol. The smallest absolute Gasteiger partial charge is 0.0775 e. The molecule has 0 radical (unpaired) electrons. The van der Waals surface area contributed by atoms with Gasteiger partial charge in [-0.3, -0.25) is 0 Å². The van der Waals surface area contributed by atoms with Gasteiger partial charge in [-0.15, -0.1) is 11.3 Å². The first-order chi connectivity index (χ1) is 29.5. The van der Waals surface area contributed by atoms with E-state index in [-0.39, 0.29) is 0 Å². The molecule has 10 rings (SSSR count). The number of hydrogen-bond donors (Lipinski definition) is 0. The first kappa shape index (κ1) is 38.9. The summed E-state index contributed by atoms with van der Waals surface area (Å²) in [6.45, 7) is 14.4. The van der Waals surface area contributed by atoms with E-state index in [2.05, 4.69) is 243 Å². The summed E-state index contributed by atoms with van der Waals surface area (Å²) in [5, 5.41) is 10.8. The molecule has 5 heteroatoms. The van der Waals surface area contributed by atoms with Crippen LogP contribution in [0, 0.1) is 0 Å². The molecule has 2 nitrogen and oxygen atoms in total. The number of nitrogens with zero attached hydrogens (tertiary/aromatic N) is 2. The van der Waals surface area contributed by atoms with Crippen molar-refractivity contribution >= 4 is 114 Å². The Bertz CT molecular complexity index is 3180. The van der Waals surface area contributed by atoms with Crippen LogP contribution in [-0.4, -0.2) is 16.1 Å². The molecule has 0 saturated carbocycles. The molecule has 0 amide bonds. The highest BCUT2D eigenvalue weighted by Crippen LogP contribution is 2.47. The summed E-state index contributed by atoms with van der Waals surface area (Å²) in [7, 11) is -2.84. The highest BCUT2D eigenvalue weighted by Gasteiger charge is 2.21. The van der Waals surface area contributed by atoms with Gasteiger partial charge in [0.2, 0.25) is 0 Å². The summed E-state index contributed by atoms with van der Waals surface area (Å²) in [5.41, 5.74) is 9.38. The normalized spacial score (nSPS) is 12.1. The molecule has 0 bridgehead atoms. The second kappa shape index (κ2) is 15.3. The lowest BCUT2D eigenvalue weighted by Gasteiger charge is -2.26. The predicted octanol–water partition coefficient (Wildman–Crippen LogP) is 16.1. The molecule has 0 unspecified atom stereocenters. The molecule has 0 N–H and O–H groups in total. The van der Waals surface area contributed by atoms with Crippen LogP contribution >= 0.6 is 11.3 Å². The fraction of sp³-hybridized carbons (Fsp3) is 0.107. The Labute approximate surface area is 366 Å². The Morgan fingerprint density at radius 3 is 1.30 bits per heavy atom. The average molecular weight is 839 g/mol. The zero-order chi connectivity index (χ0) is 41.9. The van der Waals surface area contributed by atoms with E-state index in [0.717, 1.165) is 17.1 Å². The number of fused-ring (bicyclic) bond motifs is 8. The molecule has 0 saturated heterocycles. The van der Waals surface area contributed by atoms with Crippen molar-refractivity contribution in [2.75, 3.05) is 9.80 Å². The van der Waals surface area contributed by atoms with Gasteiger partial charge in [0.1, 0.15) is 0 Å². The molecule has 0 aliphatic heterocycles. The van der Waals surface area contributed by atoms with Crippen molar-refractivity contribution in [1.82, 2.24) is 0 Å². The summed E-state index contributed by atoms with van der Waals surface area (Å²) in [4.78, 5) is 4.76. The van der Waals surface area contributed by atoms with Gasteiger partial charge in [-0.1, -0.05) is 165 Å². The van der Waals surface area contributed by atoms with Gasteiger partial charge in [-0.2, -0.15) is 0 Å². The van der Waals surface area contributed by atoms with Gasteiger partial charge in [0.05, 0.1) is 16.1 Å². The van der Waals surface area contributed by atoms with E-state index in [0.29, 0.717) is 0 Å². The quantitative estimate of drug-likeness (QED) is 0.106. The molecule has 61 heavy (non-hydrogen) atoms. The van der Waals surface area contributed by atoms with E-state index in [1.165, 1.54) is 80.3 Å². The van der Waals surface area contributed by atoms with Crippen LogP contribution in [0.25, 0.3) is 52.8 Å². The standard InChI is InChI=1S/C56H50N2SSi2/c1-60(2,3)47-31-26-44(27-32-47)57(41-15-9-7-10-16-41)43-24-21-39(22-25-43)40-23-35-51-53(37-40)49-19-13-14-20-50(49)55-52-36-30-46(38-54(52)59-56(51)55)58(42-17-11-8-12-18-42)45-28-33-48(34-29-45)61(4,5)6/h7-38H,1-6H3. The maximum absolute atomic E-state index is 2.41. The zero-order valence-corrected chi connectivity index (χ0v) is 38.6. The van der Waals surface area contributed by atoms with Gasteiger partial charge >= 0.3 is 0 Å². The van der Waals surface area contributed by atoms with Crippen molar-refractivity contribution in [1.29, 1.82) is 0 Å². The molecule has 0 aliphatic carbocycles. The maximum Gasteiger partial charge on any atom is 0.0775 e. The van der Waals surface area contributed by atoms with Gasteiger partial charge in [0.25, 0.3) is 0 Å². The van der Waals surface area contributed by atoms with Crippen molar-refractivity contribution < 1.29 is 0 Å². The Morgan fingerprint density at radius 1 is 0.328 bits per heavy atom. The van der Waals surface area contributed by atoms with Gasteiger partial charge in [-0.05, 0) is 106 Å². The first-order valence-corrected chi connectivity index (χ1v) is 29.2. The molecule has 9 aromatic carbocycles. The zero-order valence-electron chi connectivity index (χ0n) is 35.8. The second-order valence-electron chi connectivity index (χ2n) is 18.3. The van der Waals surface area contributed by atoms with Crippen molar-refractivity contribution in [3.8, 4) is 11.1 Å². The minimum absolute atomic E-state index is 1.14. The third-order valence-corrected chi connectivity index (χ3v) is 17.5. The molecule has 298 valence electrons. The minimum atomic E-state index is -1.43. The van der Waals surface area contributed by atoms with Crippen LogP contribution in [0.5, 0.6) is 0 Å². The van der Waals surface area contributed by atoms with Crippen LogP contribution in [0.15, 0.2) is 194 Å². The Hall–Kier alpha value is -6.25. The Morgan fingerprint density at radius 2 is 0.754 bits per heavy atom. The van der Waals surface area contributed by atoms with E-state index in [1.807, 2.05) is 11.3 Å². The van der Waals surface area contributed by atoms with Crippen molar-refractivity contribution in [2.45, 2.75) is 39.3 Å². The number of hydrogen-bond acceptors (Lipinski definition) is 3. The van der Waals surface area contributed by atoms with E-state index in [4.69, 9.17) is 0 Å². The third kappa shape index (κ3) is 7.27. The Balaban J connectivity index is 1.06. The molecule has 0 spiro atoms. The summed E-state index contributed by atoms with van der Waals surface area (Å²) in [6, 6.07) is 72.2. The third-order valence-electron chi connectivity index (χ3n) is 12.2. The summed E-state index contributed by atoms with van der Waals surface area (Å²) >= 11 is 1.91. The van der Waals surface area contributed by atoms with Gasteiger partial charge < -0.3 is 9.80 Å². The van der Waals surface area contributed by atoms with E-state index in [9.17, 15) is 0 Å². The highest BCUT2D eigenvalue weighted by atomic mass is 32.1. The van der Waals surface area contributed by atoms with Crippen LogP contribution in [0.2, 0.25) is 39.3 Å². The number of para-hydroxylation sites is 2. The lowest BCUT2D eigenvalue weighted by atomic mass is 9.94. The number of benzene rings is 9. The molecule has 10 aromatic rings. The minimum Gasteiger partial charge on any atom is -0.311 e. The molecular formula is C56H50N2SSi2. The monoisotopic (exact) mass is 838 g/mol. The summed E-state index contributed by atoms with van der Waals surface area (Å²) in [6.07, 6.45) is 0. The summed E-state index contributed by atoms with van der Waals surface area (Å²) < 4.78 is 2.63. The van der Waals surface area contributed by atoms with Crippen molar-refractivity contribution in [3.05, 3.63) is 194 Å². The van der Waals surface area contributed by atoms with E-state index >= 15 is 0 Å². The number of thiophene rings is 1. The fourth-order valence-corrected chi connectivity index (χ4v) is 12.5. The summed E-state index contributed by atoms with van der Waals surface area (Å²) in [5.74, 6) is 0. The average Bonchev–Trinajstić information content (AvgIpc) is 3.67. The SMILES string of the molecule is C[Si](C)(C)c1ccc(N(c2ccccc2)c2ccc(-c3ccc4c(c3)c3ccccc3c3c5ccc(N(c6ccccc6)c6ccc([Si](C)(C)C)cc6)cc5sc43)cc2)cc1. The molecule has 1 heterocycles. The molecule has 0 atom stereocenters. The van der Waals surface area contributed by atoms with E-state index in [1.54, 1.807) is 0 Å². The molecular weight excluding hydrogens is 789 g/mol. The fourth-order valence-electron chi connectivity index (χ4n) is 8.83.